The summed E-state index contributed by atoms with van der Waals surface area (Å²) in [7, 11) is 3.01. The maximum atomic E-state index is 12.0. The van der Waals surface area contributed by atoms with Gasteiger partial charge in [-0.2, -0.15) is 5.10 Å². The fraction of sp³-hybridized carbons (Fsp3) is 0.125. The predicted octanol–water partition coefficient (Wildman–Crippen LogP) is 3.77. The zero-order chi connectivity index (χ0) is 16.8. The molecule has 23 heavy (non-hydrogen) atoms. The molecule has 5 nitrogen and oxygen atoms in total. The molecular weight excluding hydrogens is 339 g/mol. The van der Waals surface area contributed by atoms with Crippen LogP contribution in [-0.2, 0) is 0 Å². The van der Waals surface area contributed by atoms with E-state index in [2.05, 4.69) is 10.5 Å². The van der Waals surface area contributed by atoms with E-state index in [0.29, 0.717) is 32.7 Å². The van der Waals surface area contributed by atoms with Crippen LogP contribution in [0.3, 0.4) is 0 Å². The smallest absolute Gasteiger partial charge is 0.272 e. The highest BCUT2D eigenvalue weighted by atomic mass is 35.5. The van der Waals surface area contributed by atoms with Crippen molar-refractivity contribution in [3.8, 4) is 11.5 Å². The summed E-state index contributed by atoms with van der Waals surface area (Å²) < 4.78 is 10.3. The Bertz CT molecular complexity index is 748. The molecule has 0 unspecified atom stereocenters. The first kappa shape index (κ1) is 17.1. The molecular formula is C16H14Cl2N2O3. The van der Waals surface area contributed by atoms with Gasteiger partial charge in [0.15, 0.2) is 11.5 Å². The van der Waals surface area contributed by atoms with Crippen LogP contribution in [0.1, 0.15) is 15.9 Å². The molecule has 0 aliphatic rings. The van der Waals surface area contributed by atoms with Gasteiger partial charge in [-0.25, -0.2) is 5.43 Å². The van der Waals surface area contributed by atoms with Crippen molar-refractivity contribution < 1.29 is 14.3 Å². The molecule has 0 bridgehead atoms. The molecule has 120 valence electrons. The number of hydrogen-bond acceptors (Lipinski definition) is 4. The Morgan fingerprint density at radius 1 is 1.13 bits per heavy atom. The Balaban J connectivity index is 2.13. The van der Waals surface area contributed by atoms with Gasteiger partial charge in [0, 0.05) is 0 Å². The van der Waals surface area contributed by atoms with Gasteiger partial charge in [0.1, 0.15) is 0 Å². The van der Waals surface area contributed by atoms with Crippen molar-refractivity contribution in [2.24, 2.45) is 5.10 Å². The van der Waals surface area contributed by atoms with Crippen LogP contribution < -0.4 is 14.9 Å². The lowest BCUT2D eigenvalue weighted by molar-refractivity contribution is 0.0955. The summed E-state index contributed by atoms with van der Waals surface area (Å²) in [6.45, 7) is 0. The minimum atomic E-state index is -0.404. The molecule has 2 aromatic rings. The minimum absolute atomic E-state index is 0.344. The van der Waals surface area contributed by atoms with E-state index < -0.39 is 5.91 Å². The van der Waals surface area contributed by atoms with E-state index >= 15 is 0 Å². The Kier molecular flexibility index (Phi) is 5.84. The van der Waals surface area contributed by atoms with Gasteiger partial charge in [0.05, 0.1) is 36.0 Å². The largest absolute Gasteiger partial charge is 0.493 e. The van der Waals surface area contributed by atoms with E-state index in [0.717, 1.165) is 0 Å². The van der Waals surface area contributed by atoms with Crippen LogP contribution in [0.2, 0.25) is 10.0 Å². The van der Waals surface area contributed by atoms with Crippen molar-refractivity contribution in [2.75, 3.05) is 14.2 Å². The van der Waals surface area contributed by atoms with E-state index in [1.165, 1.54) is 20.4 Å². The Labute approximate surface area is 143 Å². The number of methoxy groups -OCH3 is 2. The van der Waals surface area contributed by atoms with E-state index in [9.17, 15) is 4.79 Å². The van der Waals surface area contributed by atoms with Gasteiger partial charge in [-0.05, 0) is 29.8 Å². The summed E-state index contributed by atoms with van der Waals surface area (Å²) in [6.07, 6.45) is 1.45. The first-order valence-electron chi connectivity index (χ1n) is 6.56. The molecule has 0 aliphatic heterocycles. The molecule has 0 aliphatic carbocycles. The summed E-state index contributed by atoms with van der Waals surface area (Å²) in [5.41, 5.74) is 3.39. The van der Waals surface area contributed by atoms with Crippen molar-refractivity contribution in [1.29, 1.82) is 0 Å². The third-order valence-corrected chi connectivity index (χ3v) is 3.56. The second kappa shape index (κ2) is 7.85. The summed E-state index contributed by atoms with van der Waals surface area (Å²) >= 11 is 12.0. The number of benzene rings is 2. The van der Waals surface area contributed by atoms with Gasteiger partial charge in [0.2, 0.25) is 0 Å². The van der Waals surface area contributed by atoms with Gasteiger partial charge in [0.25, 0.3) is 5.91 Å². The molecule has 0 saturated carbocycles. The molecule has 0 saturated heterocycles. The number of halogens is 2. The second-order valence-electron chi connectivity index (χ2n) is 4.42. The number of carbonyl (C=O) groups excluding carboxylic acids is 1. The van der Waals surface area contributed by atoms with Gasteiger partial charge in [-0.1, -0.05) is 35.3 Å². The Morgan fingerprint density at radius 2 is 1.87 bits per heavy atom. The van der Waals surface area contributed by atoms with Gasteiger partial charge < -0.3 is 9.47 Å². The predicted molar refractivity (Wildman–Crippen MR) is 91.1 cm³/mol. The number of amides is 1. The summed E-state index contributed by atoms with van der Waals surface area (Å²) in [5, 5.41) is 4.63. The molecule has 1 N–H and O–H groups in total. The topological polar surface area (TPSA) is 59.9 Å². The van der Waals surface area contributed by atoms with Gasteiger partial charge >= 0.3 is 0 Å². The average Bonchev–Trinajstić information content (AvgIpc) is 2.54. The normalized spacial score (nSPS) is 10.6. The lowest BCUT2D eigenvalue weighted by Crippen LogP contribution is -2.17. The lowest BCUT2D eigenvalue weighted by atomic mass is 10.2. The number of carbonyl (C=O) groups is 1. The van der Waals surface area contributed by atoms with Crippen LogP contribution in [0.25, 0.3) is 0 Å². The molecule has 2 rings (SSSR count). The molecule has 0 aromatic heterocycles. The minimum Gasteiger partial charge on any atom is -0.493 e. The monoisotopic (exact) mass is 352 g/mol. The number of nitrogens with zero attached hydrogens (tertiary/aromatic N) is 1. The van der Waals surface area contributed by atoms with Crippen LogP contribution in [0.15, 0.2) is 41.5 Å². The summed E-state index contributed by atoms with van der Waals surface area (Å²) in [6, 6.07) is 10.0. The lowest BCUT2D eigenvalue weighted by Gasteiger charge is -2.09. The molecule has 0 spiro atoms. The maximum Gasteiger partial charge on any atom is 0.272 e. The fourth-order valence-electron chi connectivity index (χ4n) is 1.88. The molecule has 0 atom stereocenters. The number of rotatable bonds is 5. The second-order valence-corrected chi connectivity index (χ2v) is 5.23. The third-order valence-electron chi connectivity index (χ3n) is 2.95. The Hall–Kier alpha value is -2.24. The fourth-order valence-corrected chi connectivity index (χ4v) is 2.40. The summed E-state index contributed by atoms with van der Waals surface area (Å²) in [5.74, 6) is 0.503. The molecule has 0 heterocycles. The quantitative estimate of drug-likeness (QED) is 0.658. The van der Waals surface area contributed by atoms with Crippen LogP contribution in [0.5, 0.6) is 11.5 Å². The van der Waals surface area contributed by atoms with Gasteiger partial charge in [-0.3, -0.25) is 4.79 Å². The highest BCUT2D eigenvalue weighted by Gasteiger charge is 2.10. The third kappa shape index (κ3) is 4.15. The standard InChI is InChI=1S/C16H14Cl2N2O3/c1-22-14-8-10(7-13(18)15(14)23-2)9-19-20-16(21)11-5-3-4-6-12(11)17/h3-9H,1-2H3,(H,20,21)/b19-9+. The first-order chi connectivity index (χ1) is 11.1. The van der Waals surface area contributed by atoms with E-state index in [-0.39, 0.29) is 0 Å². The van der Waals surface area contributed by atoms with E-state index in [1.54, 1.807) is 36.4 Å². The van der Waals surface area contributed by atoms with Crippen molar-refractivity contribution in [3.63, 3.8) is 0 Å². The first-order valence-corrected chi connectivity index (χ1v) is 7.32. The van der Waals surface area contributed by atoms with Crippen molar-refractivity contribution >= 4 is 35.3 Å². The number of nitrogens with one attached hydrogen (secondary N) is 1. The van der Waals surface area contributed by atoms with Crippen LogP contribution in [-0.4, -0.2) is 26.3 Å². The van der Waals surface area contributed by atoms with Crippen LogP contribution >= 0.6 is 23.2 Å². The molecule has 0 radical (unpaired) electrons. The van der Waals surface area contributed by atoms with E-state index in [4.69, 9.17) is 32.7 Å². The highest BCUT2D eigenvalue weighted by molar-refractivity contribution is 6.34. The highest BCUT2D eigenvalue weighted by Crippen LogP contribution is 2.35. The maximum absolute atomic E-state index is 12.0. The summed E-state index contributed by atoms with van der Waals surface area (Å²) in [4.78, 5) is 12.0. The molecule has 2 aromatic carbocycles. The van der Waals surface area contributed by atoms with E-state index in [1.807, 2.05) is 0 Å². The number of hydrogen-bond donors (Lipinski definition) is 1. The van der Waals surface area contributed by atoms with Crippen molar-refractivity contribution in [3.05, 3.63) is 57.6 Å². The van der Waals surface area contributed by atoms with Crippen molar-refractivity contribution in [1.82, 2.24) is 5.43 Å². The molecule has 7 heteroatoms. The van der Waals surface area contributed by atoms with Crippen molar-refractivity contribution in [2.45, 2.75) is 0 Å². The SMILES string of the molecule is COc1cc(/C=N/NC(=O)c2ccccc2Cl)cc(Cl)c1OC. The van der Waals surface area contributed by atoms with Gasteiger partial charge in [-0.15, -0.1) is 0 Å². The zero-order valence-electron chi connectivity index (χ0n) is 12.5. The molecule has 1 amide bonds. The van der Waals surface area contributed by atoms with Crippen LogP contribution in [0, 0.1) is 0 Å². The average molecular weight is 353 g/mol. The number of ether oxygens (including phenoxy) is 2. The Morgan fingerprint density at radius 3 is 2.52 bits per heavy atom. The number of hydrazone groups is 1. The molecule has 0 fully saturated rings. The zero-order valence-corrected chi connectivity index (χ0v) is 14.0. The van der Waals surface area contributed by atoms with Crippen LogP contribution in [0.4, 0.5) is 0 Å².